The van der Waals surface area contributed by atoms with Gasteiger partial charge in [-0.05, 0) is 34.7 Å². The zero-order valence-corrected chi connectivity index (χ0v) is 17.4. The standard InChI is InChI=1S/C23H27N3OS/c1-25(2)20-13-11-18(12-14-20)17-26(3)22(27)16-24-23(21-10-7-15-28-21)19-8-5-4-6-9-19/h4-15,23-24H,16-17H2,1-3H3/t23-/m1/s1. The van der Waals surface area contributed by atoms with Gasteiger partial charge in [0.15, 0.2) is 0 Å². The number of nitrogens with one attached hydrogen (secondary N) is 1. The molecule has 1 N–H and O–H groups in total. The number of nitrogens with zero attached hydrogens (tertiary/aromatic N) is 2. The lowest BCUT2D eigenvalue weighted by atomic mass is 10.1. The Bertz CT molecular complexity index is 861. The van der Waals surface area contributed by atoms with E-state index in [1.54, 1.807) is 16.2 Å². The van der Waals surface area contributed by atoms with Gasteiger partial charge in [0.05, 0.1) is 12.6 Å². The minimum atomic E-state index is 0.0259. The smallest absolute Gasteiger partial charge is 0.236 e. The summed E-state index contributed by atoms with van der Waals surface area (Å²) in [4.78, 5) is 17.7. The van der Waals surface area contributed by atoms with E-state index in [1.807, 2.05) is 45.4 Å². The Balaban J connectivity index is 1.61. The average Bonchev–Trinajstić information content (AvgIpc) is 3.23. The van der Waals surface area contributed by atoms with Crippen molar-refractivity contribution in [2.75, 3.05) is 32.6 Å². The van der Waals surface area contributed by atoms with Gasteiger partial charge in [-0.15, -0.1) is 11.3 Å². The predicted octanol–water partition coefficient (Wildman–Crippen LogP) is 4.15. The van der Waals surface area contributed by atoms with Crippen molar-refractivity contribution in [3.05, 3.63) is 88.1 Å². The zero-order chi connectivity index (χ0) is 19.9. The van der Waals surface area contributed by atoms with E-state index in [4.69, 9.17) is 0 Å². The fourth-order valence-corrected chi connectivity index (χ4v) is 3.90. The Morgan fingerprint density at radius 2 is 1.68 bits per heavy atom. The van der Waals surface area contributed by atoms with Gasteiger partial charge in [-0.1, -0.05) is 48.5 Å². The van der Waals surface area contributed by atoms with Crippen LogP contribution in [0.25, 0.3) is 0 Å². The summed E-state index contributed by atoms with van der Waals surface area (Å²) in [5.74, 6) is 0.0779. The summed E-state index contributed by atoms with van der Waals surface area (Å²) in [6, 6.07) is 22.7. The average molecular weight is 394 g/mol. The first kappa shape index (κ1) is 20.1. The maximum atomic E-state index is 12.7. The Morgan fingerprint density at radius 3 is 2.29 bits per heavy atom. The van der Waals surface area contributed by atoms with E-state index in [-0.39, 0.29) is 11.9 Å². The summed E-state index contributed by atoms with van der Waals surface area (Å²) in [5.41, 5.74) is 3.44. The van der Waals surface area contributed by atoms with Crippen LogP contribution in [0.5, 0.6) is 0 Å². The third kappa shape index (κ3) is 5.21. The van der Waals surface area contributed by atoms with Crippen LogP contribution in [0.2, 0.25) is 0 Å². The van der Waals surface area contributed by atoms with Crippen molar-refractivity contribution in [2.24, 2.45) is 0 Å². The Morgan fingerprint density at radius 1 is 0.964 bits per heavy atom. The molecule has 28 heavy (non-hydrogen) atoms. The summed E-state index contributed by atoms with van der Waals surface area (Å²) < 4.78 is 0. The first-order chi connectivity index (χ1) is 13.5. The number of benzene rings is 2. The molecular formula is C23H27N3OS. The van der Waals surface area contributed by atoms with Gasteiger partial charge in [0.1, 0.15) is 0 Å². The first-order valence-corrected chi connectivity index (χ1v) is 10.2. The van der Waals surface area contributed by atoms with Crippen LogP contribution in [0.3, 0.4) is 0 Å². The molecule has 0 aliphatic carbocycles. The Labute approximate surface area is 171 Å². The molecule has 0 aliphatic rings. The molecule has 2 aromatic carbocycles. The second-order valence-electron chi connectivity index (χ2n) is 7.05. The van der Waals surface area contributed by atoms with Gasteiger partial charge in [0.2, 0.25) is 5.91 Å². The summed E-state index contributed by atoms with van der Waals surface area (Å²) >= 11 is 1.70. The minimum absolute atomic E-state index is 0.0259. The molecule has 4 nitrogen and oxygen atoms in total. The number of thiophene rings is 1. The van der Waals surface area contributed by atoms with Crippen molar-refractivity contribution < 1.29 is 4.79 Å². The van der Waals surface area contributed by atoms with Crippen LogP contribution in [0.4, 0.5) is 5.69 Å². The van der Waals surface area contributed by atoms with E-state index in [0.29, 0.717) is 13.1 Å². The molecule has 5 heteroatoms. The van der Waals surface area contributed by atoms with Gasteiger partial charge in [-0.3, -0.25) is 10.1 Å². The van der Waals surface area contributed by atoms with Crippen molar-refractivity contribution in [3.8, 4) is 0 Å². The van der Waals surface area contributed by atoms with Crippen molar-refractivity contribution in [1.82, 2.24) is 10.2 Å². The highest BCUT2D eigenvalue weighted by molar-refractivity contribution is 7.10. The largest absolute Gasteiger partial charge is 0.378 e. The van der Waals surface area contributed by atoms with Gasteiger partial charge >= 0.3 is 0 Å². The molecule has 1 amide bonds. The maximum absolute atomic E-state index is 12.7. The molecule has 0 spiro atoms. The lowest BCUT2D eigenvalue weighted by Crippen LogP contribution is -2.36. The number of hydrogen-bond acceptors (Lipinski definition) is 4. The quantitative estimate of drug-likeness (QED) is 0.624. The fourth-order valence-electron chi connectivity index (χ4n) is 3.07. The highest BCUT2D eigenvalue weighted by Gasteiger charge is 2.17. The molecule has 1 aromatic heterocycles. The van der Waals surface area contributed by atoms with Crippen LogP contribution in [-0.4, -0.2) is 38.5 Å². The monoisotopic (exact) mass is 393 g/mol. The van der Waals surface area contributed by atoms with E-state index in [0.717, 1.165) is 11.3 Å². The highest BCUT2D eigenvalue weighted by atomic mass is 32.1. The van der Waals surface area contributed by atoms with Crippen LogP contribution >= 0.6 is 11.3 Å². The molecule has 146 valence electrons. The molecule has 0 unspecified atom stereocenters. The SMILES string of the molecule is CN(Cc1ccc(N(C)C)cc1)C(=O)CN[C@H](c1ccccc1)c1cccs1. The van der Waals surface area contributed by atoms with Crippen molar-refractivity contribution >= 4 is 22.9 Å². The molecular weight excluding hydrogens is 366 g/mol. The molecule has 0 bridgehead atoms. The minimum Gasteiger partial charge on any atom is -0.378 e. The number of rotatable bonds is 8. The van der Waals surface area contributed by atoms with Crippen molar-refractivity contribution in [3.63, 3.8) is 0 Å². The summed E-state index contributed by atoms with van der Waals surface area (Å²) in [5, 5.41) is 5.51. The maximum Gasteiger partial charge on any atom is 0.236 e. The Kier molecular flexibility index (Phi) is 6.85. The predicted molar refractivity (Wildman–Crippen MR) is 118 cm³/mol. The number of hydrogen-bond donors (Lipinski definition) is 1. The van der Waals surface area contributed by atoms with Gasteiger partial charge in [0.25, 0.3) is 0 Å². The number of carbonyl (C=O) groups is 1. The van der Waals surface area contributed by atoms with Gasteiger partial charge in [-0.2, -0.15) is 0 Å². The number of likely N-dealkylation sites (N-methyl/N-ethyl adjacent to an activating group) is 1. The first-order valence-electron chi connectivity index (χ1n) is 9.36. The molecule has 0 radical (unpaired) electrons. The van der Waals surface area contributed by atoms with E-state index in [2.05, 4.69) is 58.1 Å². The number of carbonyl (C=O) groups excluding carboxylic acids is 1. The molecule has 0 saturated heterocycles. The van der Waals surface area contributed by atoms with Gasteiger partial charge in [0, 0.05) is 38.3 Å². The molecule has 0 saturated carbocycles. The van der Waals surface area contributed by atoms with Gasteiger partial charge < -0.3 is 9.80 Å². The fraction of sp³-hybridized carbons (Fsp3) is 0.261. The lowest BCUT2D eigenvalue weighted by molar-refractivity contribution is -0.129. The molecule has 1 heterocycles. The third-order valence-corrected chi connectivity index (χ3v) is 5.65. The molecule has 3 rings (SSSR count). The normalized spacial score (nSPS) is 11.8. The molecule has 0 aliphatic heterocycles. The Hall–Kier alpha value is -2.63. The van der Waals surface area contributed by atoms with E-state index < -0.39 is 0 Å². The van der Waals surface area contributed by atoms with Crippen molar-refractivity contribution in [2.45, 2.75) is 12.6 Å². The molecule has 3 aromatic rings. The van der Waals surface area contributed by atoms with E-state index in [9.17, 15) is 4.79 Å². The molecule has 1 atom stereocenters. The molecule has 0 fully saturated rings. The summed E-state index contributed by atoms with van der Waals surface area (Å²) in [7, 11) is 5.90. The lowest BCUT2D eigenvalue weighted by Gasteiger charge is -2.22. The second-order valence-corrected chi connectivity index (χ2v) is 8.03. The van der Waals surface area contributed by atoms with E-state index >= 15 is 0 Å². The summed E-state index contributed by atoms with van der Waals surface area (Å²) in [6.45, 7) is 0.896. The van der Waals surface area contributed by atoms with Crippen molar-refractivity contribution in [1.29, 1.82) is 0 Å². The van der Waals surface area contributed by atoms with Crippen LogP contribution in [0, 0.1) is 0 Å². The van der Waals surface area contributed by atoms with Gasteiger partial charge in [-0.25, -0.2) is 0 Å². The highest BCUT2D eigenvalue weighted by Crippen LogP contribution is 2.25. The van der Waals surface area contributed by atoms with Crippen LogP contribution < -0.4 is 10.2 Å². The van der Waals surface area contributed by atoms with E-state index in [1.165, 1.54) is 10.4 Å². The van der Waals surface area contributed by atoms with Crippen LogP contribution in [0.1, 0.15) is 22.0 Å². The van der Waals surface area contributed by atoms with Crippen LogP contribution in [0.15, 0.2) is 72.1 Å². The third-order valence-electron chi connectivity index (χ3n) is 4.72. The second kappa shape index (κ2) is 9.53. The number of anilines is 1. The van der Waals surface area contributed by atoms with Crippen LogP contribution in [-0.2, 0) is 11.3 Å². The summed E-state index contributed by atoms with van der Waals surface area (Å²) in [6.07, 6.45) is 0. The number of amides is 1. The zero-order valence-electron chi connectivity index (χ0n) is 16.6. The topological polar surface area (TPSA) is 35.6 Å².